The van der Waals surface area contributed by atoms with Gasteiger partial charge in [0.2, 0.25) is 0 Å². The molecule has 0 radical (unpaired) electrons. The Morgan fingerprint density at radius 1 is 1.38 bits per heavy atom. The molecule has 1 aromatic carbocycles. The normalized spacial score (nSPS) is 13.8. The van der Waals surface area contributed by atoms with Crippen molar-refractivity contribution in [3.8, 4) is 0 Å². The molecule has 1 unspecified atom stereocenters. The van der Waals surface area contributed by atoms with Crippen LogP contribution in [-0.4, -0.2) is 28.9 Å². The van der Waals surface area contributed by atoms with Crippen molar-refractivity contribution in [2.24, 2.45) is 0 Å². The predicted molar refractivity (Wildman–Crippen MR) is 75.9 cm³/mol. The summed E-state index contributed by atoms with van der Waals surface area (Å²) in [6.45, 7) is 0.608. The zero-order chi connectivity index (χ0) is 15.6. The summed E-state index contributed by atoms with van der Waals surface area (Å²) >= 11 is 12.0. The first-order chi connectivity index (χ1) is 9.78. The number of benzene rings is 1. The second kappa shape index (κ2) is 6.42. The minimum atomic E-state index is -4.33. The van der Waals surface area contributed by atoms with Gasteiger partial charge in [-0.15, -0.1) is 11.6 Å². The Morgan fingerprint density at radius 3 is 2.71 bits per heavy atom. The second-order valence-electron chi connectivity index (χ2n) is 4.54. The summed E-state index contributed by atoms with van der Waals surface area (Å²) in [7, 11) is 0. The van der Waals surface area contributed by atoms with Crippen LogP contribution in [0.3, 0.4) is 0 Å². The summed E-state index contributed by atoms with van der Waals surface area (Å²) in [5, 5.41) is 0.146. The van der Waals surface area contributed by atoms with E-state index in [2.05, 4.69) is 9.72 Å². The number of aromatic nitrogens is 2. The standard InChI is InChI=1S/C13H13Cl2F3N2O/c1-8(14)12-19-10-3-2-9(15)6-11(10)20(12)4-5-21-7-13(16,17)18/h2-3,6,8H,4-5,7H2,1H3. The van der Waals surface area contributed by atoms with Gasteiger partial charge in [0.05, 0.1) is 23.0 Å². The van der Waals surface area contributed by atoms with Gasteiger partial charge in [0.15, 0.2) is 0 Å². The Hall–Kier alpha value is -0.980. The number of ether oxygens (including phenoxy) is 1. The fourth-order valence-electron chi connectivity index (χ4n) is 2.00. The molecule has 116 valence electrons. The van der Waals surface area contributed by atoms with Crippen molar-refractivity contribution >= 4 is 34.2 Å². The SMILES string of the molecule is CC(Cl)c1nc2ccc(Cl)cc2n1CCOCC(F)(F)F. The first-order valence-corrected chi connectivity index (χ1v) is 7.03. The molecule has 21 heavy (non-hydrogen) atoms. The number of alkyl halides is 4. The van der Waals surface area contributed by atoms with Crippen LogP contribution in [0, 0.1) is 0 Å². The number of fused-ring (bicyclic) bond motifs is 1. The number of rotatable bonds is 5. The van der Waals surface area contributed by atoms with Gasteiger partial charge in [0.1, 0.15) is 12.4 Å². The number of hydrogen-bond acceptors (Lipinski definition) is 2. The van der Waals surface area contributed by atoms with E-state index in [4.69, 9.17) is 23.2 Å². The van der Waals surface area contributed by atoms with Gasteiger partial charge in [-0.25, -0.2) is 4.98 Å². The third kappa shape index (κ3) is 4.25. The molecule has 0 bridgehead atoms. The lowest BCUT2D eigenvalue weighted by molar-refractivity contribution is -0.174. The van der Waals surface area contributed by atoms with Crippen LogP contribution in [0.25, 0.3) is 11.0 Å². The van der Waals surface area contributed by atoms with Gasteiger partial charge >= 0.3 is 6.18 Å². The van der Waals surface area contributed by atoms with E-state index in [0.717, 1.165) is 5.52 Å². The van der Waals surface area contributed by atoms with Gasteiger partial charge in [-0.3, -0.25) is 0 Å². The summed E-state index contributed by atoms with van der Waals surface area (Å²) in [6, 6.07) is 5.15. The highest BCUT2D eigenvalue weighted by molar-refractivity contribution is 6.31. The molecule has 2 aromatic rings. The highest BCUT2D eigenvalue weighted by Crippen LogP contribution is 2.26. The van der Waals surface area contributed by atoms with Gasteiger partial charge in [0, 0.05) is 11.6 Å². The molecule has 0 spiro atoms. The van der Waals surface area contributed by atoms with E-state index in [1.165, 1.54) is 0 Å². The summed E-state index contributed by atoms with van der Waals surface area (Å²) < 4.78 is 42.5. The lowest BCUT2D eigenvalue weighted by Gasteiger charge is -2.12. The van der Waals surface area contributed by atoms with Crippen LogP contribution in [0.1, 0.15) is 18.1 Å². The molecule has 0 aliphatic rings. The average molecular weight is 341 g/mol. The quantitative estimate of drug-likeness (QED) is 0.588. The molecular weight excluding hydrogens is 328 g/mol. The molecule has 1 atom stereocenters. The largest absolute Gasteiger partial charge is 0.411 e. The van der Waals surface area contributed by atoms with Gasteiger partial charge in [0.25, 0.3) is 0 Å². The third-order valence-electron chi connectivity index (χ3n) is 2.82. The van der Waals surface area contributed by atoms with Crippen molar-refractivity contribution in [1.82, 2.24) is 9.55 Å². The van der Waals surface area contributed by atoms with Gasteiger partial charge in [-0.1, -0.05) is 11.6 Å². The van der Waals surface area contributed by atoms with E-state index in [9.17, 15) is 13.2 Å². The van der Waals surface area contributed by atoms with Crippen LogP contribution in [-0.2, 0) is 11.3 Å². The molecule has 1 heterocycles. The van der Waals surface area contributed by atoms with Crippen LogP contribution in [0.2, 0.25) is 5.02 Å². The molecule has 0 saturated heterocycles. The van der Waals surface area contributed by atoms with Crippen LogP contribution >= 0.6 is 23.2 Å². The fourth-order valence-corrected chi connectivity index (χ4v) is 2.33. The molecular formula is C13H13Cl2F3N2O. The van der Waals surface area contributed by atoms with Crippen molar-refractivity contribution in [3.63, 3.8) is 0 Å². The Morgan fingerprint density at radius 2 is 2.10 bits per heavy atom. The molecule has 3 nitrogen and oxygen atoms in total. The Bertz CT molecular complexity index is 626. The maximum Gasteiger partial charge on any atom is 0.411 e. The van der Waals surface area contributed by atoms with E-state index in [1.54, 1.807) is 29.7 Å². The number of halogens is 5. The fraction of sp³-hybridized carbons (Fsp3) is 0.462. The average Bonchev–Trinajstić information content (AvgIpc) is 2.72. The summed E-state index contributed by atoms with van der Waals surface area (Å²) in [5.74, 6) is 0.574. The topological polar surface area (TPSA) is 27.1 Å². The van der Waals surface area contributed by atoms with Gasteiger partial charge in [-0.05, 0) is 25.1 Å². The van der Waals surface area contributed by atoms with Crippen molar-refractivity contribution in [1.29, 1.82) is 0 Å². The second-order valence-corrected chi connectivity index (χ2v) is 5.63. The summed E-state index contributed by atoms with van der Waals surface area (Å²) in [6.07, 6.45) is -4.33. The molecule has 0 amide bonds. The highest BCUT2D eigenvalue weighted by atomic mass is 35.5. The van der Waals surface area contributed by atoms with E-state index in [-0.39, 0.29) is 18.5 Å². The molecule has 0 fully saturated rings. The Balaban J connectivity index is 2.20. The Labute approximate surface area is 129 Å². The molecule has 0 saturated carbocycles. The number of nitrogens with zero attached hydrogens (tertiary/aromatic N) is 2. The number of hydrogen-bond donors (Lipinski definition) is 0. The van der Waals surface area contributed by atoms with Crippen molar-refractivity contribution in [3.05, 3.63) is 29.0 Å². The van der Waals surface area contributed by atoms with Crippen LogP contribution in [0.4, 0.5) is 13.2 Å². The van der Waals surface area contributed by atoms with Crippen molar-refractivity contribution in [2.45, 2.75) is 25.0 Å². The summed E-state index contributed by atoms with van der Waals surface area (Å²) in [4.78, 5) is 4.38. The maximum atomic E-state index is 12.1. The molecule has 0 N–H and O–H groups in total. The predicted octanol–water partition coefficient (Wildman–Crippen LogP) is 4.57. The molecule has 2 rings (SSSR count). The van der Waals surface area contributed by atoms with Gasteiger partial charge < -0.3 is 9.30 Å². The molecule has 1 aromatic heterocycles. The first-order valence-electron chi connectivity index (χ1n) is 6.22. The lowest BCUT2D eigenvalue weighted by atomic mass is 10.3. The van der Waals surface area contributed by atoms with Crippen LogP contribution < -0.4 is 0 Å². The minimum absolute atomic E-state index is 0.0892. The van der Waals surface area contributed by atoms with E-state index >= 15 is 0 Å². The Kier molecular flexibility index (Phi) is 5.01. The van der Waals surface area contributed by atoms with E-state index in [0.29, 0.717) is 16.4 Å². The molecule has 0 aliphatic heterocycles. The zero-order valence-electron chi connectivity index (χ0n) is 11.1. The van der Waals surface area contributed by atoms with E-state index < -0.39 is 12.8 Å². The minimum Gasteiger partial charge on any atom is -0.370 e. The van der Waals surface area contributed by atoms with Crippen molar-refractivity contribution < 1.29 is 17.9 Å². The lowest BCUT2D eigenvalue weighted by Crippen LogP contribution is -2.19. The van der Waals surface area contributed by atoms with E-state index in [1.807, 2.05) is 0 Å². The summed E-state index contributed by atoms with van der Waals surface area (Å²) in [5.41, 5.74) is 1.42. The van der Waals surface area contributed by atoms with Gasteiger partial charge in [-0.2, -0.15) is 13.2 Å². The monoisotopic (exact) mass is 340 g/mol. The number of imidazole rings is 1. The smallest absolute Gasteiger partial charge is 0.370 e. The van der Waals surface area contributed by atoms with Crippen molar-refractivity contribution in [2.75, 3.05) is 13.2 Å². The molecule has 0 aliphatic carbocycles. The maximum absolute atomic E-state index is 12.1. The molecule has 8 heteroatoms. The highest BCUT2D eigenvalue weighted by Gasteiger charge is 2.27. The third-order valence-corrected chi connectivity index (χ3v) is 3.25. The van der Waals surface area contributed by atoms with Crippen LogP contribution in [0.15, 0.2) is 18.2 Å². The zero-order valence-corrected chi connectivity index (χ0v) is 12.6. The van der Waals surface area contributed by atoms with Crippen LogP contribution in [0.5, 0.6) is 0 Å². The first kappa shape index (κ1) is 16.4.